The highest BCUT2D eigenvalue weighted by Crippen LogP contribution is 2.33. The number of likely N-dealkylation sites (N-methyl/N-ethyl adjacent to an activating group) is 1. The molecule has 1 saturated carbocycles. The minimum atomic E-state index is -0.0942. The first-order valence-electron chi connectivity index (χ1n) is 8.89. The summed E-state index contributed by atoms with van der Waals surface area (Å²) in [4.78, 5) is 17.2. The van der Waals surface area contributed by atoms with Crippen LogP contribution in [0, 0.1) is 5.92 Å². The summed E-state index contributed by atoms with van der Waals surface area (Å²) in [6.07, 6.45) is 9.52. The van der Waals surface area contributed by atoms with Gasteiger partial charge in [0.15, 0.2) is 0 Å². The van der Waals surface area contributed by atoms with E-state index in [4.69, 9.17) is 5.73 Å². The minimum absolute atomic E-state index is 0.0942. The molecule has 0 aromatic heterocycles. The van der Waals surface area contributed by atoms with E-state index in [0.29, 0.717) is 12.5 Å². The van der Waals surface area contributed by atoms with Gasteiger partial charge >= 0.3 is 6.03 Å². The van der Waals surface area contributed by atoms with Gasteiger partial charge in [-0.15, -0.1) is 0 Å². The van der Waals surface area contributed by atoms with Crippen LogP contribution in [0.15, 0.2) is 0 Å². The van der Waals surface area contributed by atoms with E-state index in [1.807, 2.05) is 0 Å². The molecular weight excluding hydrogens is 262 g/mol. The number of hydrogen-bond acceptors (Lipinski definition) is 2. The summed E-state index contributed by atoms with van der Waals surface area (Å²) in [5, 5.41) is 0. The maximum atomic E-state index is 13.0. The molecule has 4 nitrogen and oxygen atoms in total. The van der Waals surface area contributed by atoms with Crippen molar-refractivity contribution >= 4 is 6.03 Å². The van der Waals surface area contributed by atoms with Gasteiger partial charge < -0.3 is 15.5 Å². The second-order valence-electron chi connectivity index (χ2n) is 7.06. The summed E-state index contributed by atoms with van der Waals surface area (Å²) in [5.74, 6) is 0.629. The molecule has 0 radical (unpaired) electrons. The van der Waals surface area contributed by atoms with Crippen molar-refractivity contribution in [2.24, 2.45) is 11.7 Å². The van der Waals surface area contributed by atoms with Crippen LogP contribution in [-0.4, -0.2) is 47.5 Å². The van der Waals surface area contributed by atoms with Gasteiger partial charge in [0, 0.05) is 26.2 Å². The quantitative estimate of drug-likeness (QED) is 0.813. The number of carbonyl (C=O) groups excluding carboxylic acids is 1. The molecule has 1 aliphatic heterocycles. The molecule has 2 rings (SSSR count). The highest BCUT2D eigenvalue weighted by Gasteiger charge is 2.40. The Kier molecular flexibility index (Phi) is 5.91. The molecule has 122 valence electrons. The standard InChI is InChI=1S/C17H33N3O/c1-3-20(16(21)19-12-8-9-15(2)13-19)17(14-18)10-6-4-5-7-11-17/h15H,3-14,18H2,1-2H3. The molecule has 2 amide bonds. The van der Waals surface area contributed by atoms with E-state index >= 15 is 0 Å². The van der Waals surface area contributed by atoms with Crippen molar-refractivity contribution in [1.29, 1.82) is 0 Å². The van der Waals surface area contributed by atoms with Crippen molar-refractivity contribution in [3.63, 3.8) is 0 Å². The minimum Gasteiger partial charge on any atom is -0.328 e. The van der Waals surface area contributed by atoms with Gasteiger partial charge in [-0.1, -0.05) is 32.6 Å². The summed E-state index contributed by atoms with van der Waals surface area (Å²) < 4.78 is 0. The number of hydrogen-bond donors (Lipinski definition) is 1. The summed E-state index contributed by atoms with van der Waals surface area (Å²) in [5.41, 5.74) is 6.07. The number of rotatable bonds is 3. The highest BCUT2D eigenvalue weighted by atomic mass is 16.2. The molecule has 0 spiro atoms. The average Bonchev–Trinajstić information content (AvgIpc) is 2.74. The molecule has 1 aliphatic carbocycles. The normalized spacial score (nSPS) is 26.2. The Bertz CT molecular complexity index is 337. The molecule has 2 N–H and O–H groups in total. The maximum absolute atomic E-state index is 13.0. The lowest BCUT2D eigenvalue weighted by molar-refractivity contribution is 0.0703. The predicted molar refractivity (Wildman–Crippen MR) is 87.2 cm³/mol. The van der Waals surface area contributed by atoms with E-state index in [0.717, 1.165) is 38.9 Å². The lowest BCUT2D eigenvalue weighted by atomic mass is 9.88. The topological polar surface area (TPSA) is 49.6 Å². The molecule has 1 atom stereocenters. The highest BCUT2D eigenvalue weighted by molar-refractivity contribution is 5.75. The number of likely N-dealkylation sites (tertiary alicyclic amines) is 1. The van der Waals surface area contributed by atoms with Crippen LogP contribution in [-0.2, 0) is 0 Å². The van der Waals surface area contributed by atoms with Crippen LogP contribution in [0.2, 0.25) is 0 Å². The van der Waals surface area contributed by atoms with Gasteiger partial charge in [-0.2, -0.15) is 0 Å². The SMILES string of the molecule is CCN(C(=O)N1CCCC(C)C1)C1(CN)CCCCCC1. The van der Waals surface area contributed by atoms with Crippen LogP contribution in [0.1, 0.15) is 65.2 Å². The van der Waals surface area contributed by atoms with E-state index in [2.05, 4.69) is 23.6 Å². The average molecular weight is 295 g/mol. The number of nitrogens with two attached hydrogens (primary N) is 1. The molecule has 1 saturated heterocycles. The van der Waals surface area contributed by atoms with Crippen molar-refractivity contribution in [1.82, 2.24) is 9.80 Å². The smallest absolute Gasteiger partial charge is 0.320 e. The van der Waals surface area contributed by atoms with Crippen LogP contribution < -0.4 is 5.73 Å². The van der Waals surface area contributed by atoms with Gasteiger partial charge in [-0.25, -0.2) is 4.79 Å². The Morgan fingerprint density at radius 1 is 1.24 bits per heavy atom. The van der Waals surface area contributed by atoms with Gasteiger partial charge in [0.1, 0.15) is 0 Å². The monoisotopic (exact) mass is 295 g/mol. The number of piperidine rings is 1. The van der Waals surface area contributed by atoms with Gasteiger partial charge in [-0.3, -0.25) is 0 Å². The number of nitrogens with zero attached hydrogens (tertiary/aromatic N) is 2. The lowest BCUT2D eigenvalue weighted by Crippen LogP contribution is -2.60. The van der Waals surface area contributed by atoms with Gasteiger partial charge in [0.25, 0.3) is 0 Å². The first kappa shape index (κ1) is 16.6. The van der Waals surface area contributed by atoms with Crippen molar-refractivity contribution < 1.29 is 4.79 Å². The first-order valence-corrected chi connectivity index (χ1v) is 8.89. The van der Waals surface area contributed by atoms with Crippen molar-refractivity contribution in [3.05, 3.63) is 0 Å². The predicted octanol–water partition coefficient (Wildman–Crippen LogP) is 3.21. The zero-order chi connectivity index (χ0) is 15.3. The third kappa shape index (κ3) is 3.71. The van der Waals surface area contributed by atoms with Crippen molar-refractivity contribution in [2.75, 3.05) is 26.2 Å². The van der Waals surface area contributed by atoms with E-state index in [1.165, 1.54) is 32.1 Å². The van der Waals surface area contributed by atoms with Crippen LogP contribution in [0.4, 0.5) is 4.79 Å². The number of amides is 2. The Hall–Kier alpha value is -0.770. The molecule has 21 heavy (non-hydrogen) atoms. The number of carbonyl (C=O) groups is 1. The van der Waals surface area contributed by atoms with Gasteiger partial charge in [-0.05, 0) is 38.5 Å². The third-order valence-electron chi connectivity index (χ3n) is 5.46. The Labute approximate surface area is 130 Å². The second kappa shape index (κ2) is 7.48. The maximum Gasteiger partial charge on any atom is 0.320 e. The molecule has 1 unspecified atom stereocenters. The van der Waals surface area contributed by atoms with E-state index < -0.39 is 0 Å². The number of urea groups is 1. The van der Waals surface area contributed by atoms with E-state index in [9.17, 15) is 4.79 Å². The van der Waals surface area contributed by atoms with Crippen LogP contribution in [0.5, 0.6) is 0 Å². The Morgan fingerprint density at radius 3 is 2.43 bits per heavy atom. The zero-order valence-electron chi connectivity index (χ0n) is 13.9. The largest absolute Gasteiger partial charge is 0.328 e. The summed E-state index contributed by atoms with van der Waals surface area (Å²) in [6.45, 7) is 7.57. The fourth-order valence-corrected chi connectivity index (χ4v) is 4.18. The summed E-state index contributed by atoms with van der Waals surface area (Å²) in [6, 6.07) is 0.233. The summed E-state index contributed by atoms with van der Waals surface area (Å²) in [7, 11) is 0. The molecule has 0 bridgehead atoms. The molecule has 0 aromatic carbocycles. The zero-order valence-corrected chi connectivity index (χ0v) is 13.9. The Morgan fingerprint density at radius 2 is 1.90 bits per heavy atom. The lowest BCUT2D eigenvalue weighted by Gasteiger charge is -2.46. The molecule has 2 fully saturated rings. The van der Waals surface area contributed by atoms with E-state index in [-0.39, 0.29) is 11.6 Å². The van der Waals surface area contributed by atoms with Crippen LogP contribution in [0.3, 0.4) is 0 Å². The van der Waals surface area contributed by atoms with E-state index in [1.54, 1.807) is 0 Å². The molecule has 1 heterocycles. The molecule has 0 aromatic rings. The fraction of sp³-hybridized carbons (Fsp3) is 0.941. The molecule has 2 aliphatic rings. The second-order valence-corrected chi connectivity index (χ2v) is 7.06. The van der Waals surface area contributed by atoms with Crippen LogP contribution >= 0.6 is 0 Å². The molecule has 4 heteroatoms. The molecular formula is C17H33N3O. The van der Waals surface area contributed by atoms with Gasteiger partial charge in [0.05, 0.1) is 5.54 Å². The third-order valence-corrected chi connectivity index (χ3v) is 5.46. The summed E-state index contributed by atoms with van der Waals surface area (Å²) >= 11 is 0. The fourth-order valence-electron chi connectivity index (χ4n) is 4.18. The van der Waals surface area contributed by atoms with Crippen LogP contribution in [0.25, 0.3) is 0 Å². The first-order chi connectivity index (χ1) is 10.1. The Balaban J connectivity index is 2.13. The van der Waals surface area contributed by atoms with Crippen molar-refractivity contribution in [3.8, 4) is 0 Å². The van der Waals surface area contributed by atoms with Crippen molar-refractivity contribution in [2.45, 2.75) is 70.8 Å². The van der Waals surface area contributed by atoms with Gasteiger partial charge in [0.2, 0.25) is 0 Å².